The van der Waals surface area contributed by atoms with Crippen molar-refractivity contribution < 1.29 is 27.4 Å². The third kappa shape index (κ3) is 3.69. The Bertz CT molecular complexity index is 861. The molecule has 0 saturated carbocycles. The number of esters is 1. The molecule has 0 amide bonds. The van der Waals surface area contributed by atoms with E-state index >= 15 is 0 Å². The number of nitrogens with zero attached hydrogens (tertiary/aromatic N) is 1. The molecule has 0 N–H and O–H groups in total. The maximum Gasteiger partial charge on any atom is 0.337 e. The van der Waals surface area contributed by atoms with Gasteiger partial charge in [0.05, 0.1) is 32.6 Å². The van der Waals surface area contributed by atoms with Gasteiger partial charge in [-0.15, -0.1) is 0 Å². The zero-order valence-corrected chi connectivity index (χ0v) is 15.2. The van der Waals surface area contributed by atoms with Crippen molar-refractivity contribution in [3.05, 3.63) is 48.0 Å². The van der Waals surface area contributed by atoms with Gasteiger partial charge < -0.3 is 14.2 Å². The normalized spacial score (nSPS) is 10.9. The fraction of sp³-hybridized carbons (Fsp3) is 0.235. The number of carbonyl (C=O) groups is 1. The Kier molecular flexibility index (Phi) is 5.53. The molecule has 0 unspecified atom stereocenters. The fourth-order valence-corrected chi connectivity index (χ4v) is 3.56. The Balaban J connectivity index is 2.44. The second-order valence-corrected chi connectivity index (χ2v) is 6.97. The quantitative estimate of drug-likeness (QED) is 0.731. The second-order valence-electron chi connectivity index (χ2n) is 5.03. The van der Waals surface area contributed by atoms with Gasteiger partial charge in [-0.3, -0.25) is 4.31 Å². The van der Waals surface area contributed by atoms with Gasteiger partial charge in [0, 0.05) is 13.1 Å². The lowest BCUT2D eigenvalue weighted by atomic mass is 10.2. The van der Waals surface area contributed by atoms with Gasteiger partial charge >= 0.3 is 5.97 Å². The average Bonchev–Trinajstić information content (AvgIpc) is 2.66. The summed E-state index contributed by atoms with van der Waals surface area (Å²) in [5, 5.41) is 0. The highest BCUT2D eigenvalue weighted by atomic mass is 32.2. The first-order valence-corrected chi connectivity index (χ1v) is 8.68. The zero-order valence-electron chi connectivity index (χ0n) is 14.3. The SMILES string of the molecule is COC(=O)c1ccc(N(C)S(=O)(=O)c2cc(OC)ccc2OC)cc1. The largest absolute Gasteiger partial charge is 0.497 e. The molecule has 2 aromatic carbocycles. The molecule has 2 aromatic rings. The van der Waals surface area contributed by atoms with E-state index in [1.807, 2.05) is 0 Å². The van der Waals surface area contributed by atoms with Gasteiger partial charge in [-0.2, -0.15) is 0 Å². The number of rotatable bonds is 6. The van der Waals surface area contributed by atoms with Crippen molar-refractivity contribution in [1.29, 1.82) is 0 Å². The minimum absolute atomic E-state index is 0.0195. The Morgan fingerprint density at radius 2 is 1.60 bits per heavy atom. The van der Waals surface area contributed by atoms with Gasteiger partial charge in [0.1, 0.15) is 16.4 Å². The van der Waals surface area contributed by atoms with Gasteiger partial charge in [-0.25, -0.2) is 13.2 Å². The number of anilines is 1. The summed E-state index contributed by atoms with van der Waals surface area (Å²) >= 11 is 0. The van der Waals surface area contributed by atoms with Crippen LogP contribution in [0.3, 0.4) is 0 Å². The second kappa shape index (κ2) is 7.43. The van der Waals surface area contributed by atoms with E-state index in [-0.39, 0.29) is 10.6 Å². The summed E-state index contributed by atoms with van der Waals surface area (Å²) in [6, 6.07) is 10.6. The minimum Gasteiger partial charge on any atom is -0.497 e. The van der Waals surface area contributed by atoms with Gasteiger partial charge in [-0.05, 0) is 36.4 Å². The molecule has 0 spiro atoms. The van der Waals surface area contributed by atoms with Crippen LogP contribution in [0.15, 0.2) is 47.4 Å². The molecule has 0 aromatic heterocycles. The summed E-state index contributed by atoms with van der Waals surface area (Å²) in [4.78, 5) is 11.5. The molecule has 2 rings (SSSR count). The molecular formula is C17H19NO6S. The number of benzene rings is 2. The van der Waals surface area contributed by atoms with Crippen LogP contribution in [0.25, 0.3) is 0 Å². The van der Waals surface area contributed by atoms with E-state index in [1.54, 1.807) is 6.07 Å². The Morgan fingerprint density at radius 3 is 2.12 bits per heavy atom. The number of hydrogen-bond donors (Lipinski definition) is 0. The molecule has 0 radical (unpaired) electrons. The molecule has 0 aliphatic rings. The van der Waals surface area contributed by atoms with Crippen molar-refractivity contribution in [2.45, 2.75) is 4.90 Å². The number of hydrogen-bond acceptors (Lipinski definition) is 6. The van der Waals surface area contributed by atoms with E-state index in [4.69, 9.17) is 9.47 Å². The van der Waals surface area contributed by atoms with E-state index in [0.717, 1.165) is 4.31 Å². The van der Waals surface area contributed by atoms with E-state index in [0.29, 0.717) is 17.0 Å². The van der Waals surface area contributed by atoms with Gasteiger partial charge in [0.25, 0.3) is 10.0 Å². The van der Waals surface area contributed by atoms with Crippen LogP contribution >= 0.6 is 0 Å². The predicted octanol–water partition coefficient (Wildman–Crippen LogP) is 2.32. The first-order chi connectivity index (χ1) is 11.8. The van der Waals surface area contributed by atoms with Crippen LogP contribution in [0.1, 0.15) is 10.4 Å². The van der Waals surface area contributed by atoms with Gasteiger partial charge in [-0.1, -0.05) is 0 Å². The van der Waals surface area contributed by atoms with Gasteiger partial charge in [0.15, 0.2) is 0 Å². The highest BCUT2D eigenvalue weighted by Crippen LogP contribution is 2.32. The third-order valence-electron chi connectivity index (χ3n) is 3.66. The Labute approximate surface area is 146 Å². The molecule has 134 valence electrons. The van der Waals surface area contributed by atoms with E-state index in [2.05, 4.69) is 4.74 Å². The van der Waals surface area contributed by atoms with Crippen molar-refractivity contribution in [2.24, 2.45) is 0 Å². The molecule has 8 heteroatoms. The number of ether oxygens (including phenoxy) is 3. The maximum absolute atomic E-state index is 13.0. The molecule has 25 heavy (non-hydrogen) atoms. The molecule has 0 atom stereocenters. The minimum atomic E-state index is -3.89. The molecule has 0 aliphatic heterocycles. The first-order valence-electron chi connectivity index (χ1n) is 7.24. The lowest BCUT2D eigenvalue weighted by molar-refractivity contribution is 0.0600. The number of carbonyl (C=O) groups excluding carboxylic acids is 1. The summed E-state index contributed by atoms with van der Waals surface area (Å²) in [5.74, 6) is 0.110. The topological polar surface area (TPSA) is 82.1 Å². The number of methoxy groups -OCH3 is 3. The summed E-state index contributed by atoms with van der Waals surface area (Å²) in [5.41, 5.74) is 0.716. The van der Waals surface area contributed by atoms with Crippen LogP contribution in [-0.4, -0.2) is 42.8 Å². The summed E-state index contributed by atoms with van der Waals surface area (Å²) < 4.78 is 41.9. The standard InChI is InChI=1S/C17H19NO6S/c1-18(13-7-5-12(6-8-13)17(19)24-4)25(20,21)16-11-14(22-2)9-10-15(16)23-3/h5-11H,1-4H3. The fourth-order valence-electron chi connectivity index (χ4n) is 2.20. The van der Waals surface area contributed by atoms with Crippen LogP contribution < -0.4 is 13.8 Å². The summed E-state index contributed by atoms with van der Waals surface area (Å²) in [6.07, 6.45) is 0. The highest BCUT2D eigenvalue weighted by molar-refractivity contribution is 7.92. The summed E-state index contributed by atoms with van der Waals surface area (Å²) in [6.45, 7) is 0. The Hall–Kier alpha value is -2.74. The average molecular weight is 365 g/mol. The predicted molar refractivity (Wildman–Crippen MR) is 92.9 cm³/mol. The van der Waals surface area contributed by atoms with Gasteiger partial charge in [0.2, 0.25) is 0 Å². The van der Waals surface area contributed by atoms with Crippen LogP contribution in [0.2, 0.25) is 0 Å². The molecule has 0 bridgehead atoms. The lowest BCUT2D eigenvalue weighted by Gasteiger charge is -2.21. The zero-order chi connectivity index (χ0) is 18.6. The molecular weight excluding hydrogens is 346 g/mol. The molecule has 0 aliphatic carbocycles. The van der Waals surface area contributed by atoms with E-state index in [1.165, 1.54) is 64.8 Å². The number of sulfonamides is 1. The maximum atomic E-state index is 13.0. The highest BCUT2D eigenvalue weighted by Gasteiger charge is 2.26. The molecule has 0 fully saturated rings. The van der Waals surface area contributed by atoms with E-state index in [9.17, 15) is 13.2 Å². The van der Waals surface area contributed by atoms with Crippen LogP contribution in [0.4, 0.5) is 5.69 Å². The smallest absolute Gasteiger partial charge is 0.337 e. The molecule has 0 heterocycles. The summed E-state index contributed by atoms with van der Waals surface area (Å²) in [7, 11) is 1.65. The molecule has 7 nitrogen and oxygen atoms in total. The van der Waals surface area contributed by atoms with Crippen molar-refractivity contribution in [1.82, 2.24) is 0 Å². The first kappa shape index (κ1) is 18.6. The van der Waals surface area contributed by atoms with E-state index < -0.39 is 16.0 Å². The van der Waals surface area contributed by atoms with Crippen molar-refractivity contribution in [3.8, 4) is 11.5 Å². The van der Waals surface area contributed by atoms with Crippen molar-refractivity contribution >= 4 is 21.7 Å². The lowest BCUT2D eigenvalue weighted by Crippen LogP contribution is -2.27. The molecule has 0 saturated heterocycles. The monoisotopic (exact) mass is 365 g/mol. The Morgan fingerprint density at radius 1 is 0.960 bits per heavy atom. The van der Waals surface area contributed by atoms with Crippen molar-refractivity contribution in [2.75, 3.05) is 32.7 Å². The van der Waals surface area contributed by atoms with Crippen LogP contribution in [0.5, 0.6) is 11.5 Å². The van der Waals surface area contributed by atoms with Crippen molar-refractivity contribution in [3.63, 3.8) is 0 Å². The van der Waals surface area contributed by atoms with Crippen LogP contribution in [-0.2, 0) is 14.8 Å². The van der Waals surface area contributed by atoms with Crippen LogP contribution in [0, 0.1) is 0 Å². The third-order valence-corrected chi connectivity index (χ3v) is 5.47.